The highest BCUT2D eigenvalue weighted by atomic mass is 19.2. The van der Waals surface area contributed by atoms with Gasteiger partial charge < -0.3 is 10.1 Å². The van der Waals surface area contributed by atoms with Crippen molar-refractivity contribution in [3.8, 4) is 5.75 Å². The molecule has 0 saturated carbocycles. The molecule has 2 aromatic rings. The van der Waals surface area contributed by atoms with Crippen LogP contribution >= 0.6 is 0 Å². The van der Waals surface area contributed by atoms with Gasteiger partial charge >= 0.3 is 0 Å². The lowest BCUT2D eigenvalue weighted by Crippen LogP contribution is -2.15. The van der Waals surface area contributed by atoms with Crippen molar-refractivity contribution in [2.75, 3.05) is 12.4 Å². The molecule has 1 heterocycles. The molecular formula is C14H15F2N3O2. The first kappa shape index (κ1) is 15.0. The molecule has 1 amide bonds. The lowest BCUT2D eigenvalue weighted by atomic mass is 10.1. The SMILES string of the molecule is COc1ccc(F)c(F)c1C(=O)Nc1cnn(C(C)C)c1. The van der Waals surface area contributed by atoms with Gasteiger partial charge in [0.25, 0.3) is 5.91 Å². The molecule has 0 atom stereocenters. The van der Waals surface area contributed by atoms with E-state index in [0.717, 1.165) is 6.07 Å². The monoisotopic (exact) mass is 295 g/mol. The average molecular weight is 295 g/mol. The topological polar surface area (TPSA) is 56.1 Å². The van der Waals surface area contributed by atoms with Gasteiger partial charge in [-0.1, -0.05) is 0 Å². The summed E-state index contributed by atoms with van der Waals surface area (Å²) in [6, 6.07) is 2.23. The zero-order valence-electron chi connectivity index (χ0n) is 11.9. The number of aromatic nitrogens is 2. The van der Waals surface area contributed by atoms with Gasteiger partial charge in [-0.2, -0.15) is 5.10 Å². The fourth-order valence-electron chi connectivity index (χ4n) is 1.79. The largest absolute Gasteiger partial charge is 0.496 e. The molecule has 0 fully saturated rings. The van der Waals surface area contributed by atoms with Gasteiger partial charge in [0.2, 0.25) is 0 Å². The van der Waals surface area contributed by atoms with Crippen molar-refractivity contribution in [2.45, 2.75) is 19.9 Å². The number of carbonyl (C=O) groups excluding carboxylic acids is 1. The second-order valence-electron chi connectivity index (χ2n) is 4.70. The number of rotatable bonds is 4. The smallest absolute Gasteiger partial charge is 0.262 e. The van der Waals surface area contributed by atoms with Crippen molar-refractivity contribution in [1.29, 1.82) is 0 Å². The average Bonchev–Trinajstić information content (AvgIpc) is 2.90. The van der Waals surface area contributed by atoms with Crippen LogP contribution in [0.5, 0.6) is 5.75 Å². The first-order chi connectivity index (χ1) is 9.93. The Morgan fingerprint density at radius 1 is 1.38 bits per heavy atom. The number of hydrogen-bond donors (Lipinski definition) is 1. The molecule has 0 aliphatic carbocycles. The van der Waals surface area contributed by atoms with Crippen molar-refractivity contribution >= 4 is 11.6 Å². The number of anilines is 1. The van der Waals surface area contributed by atoms with Gasteiger partial charge in [0.1, 0.15) is 11.3 Å². The summed E-state index contributed by atoms with van der Waals surface area (Å²) in [7, 11) is 1.28. The Hall–Kier alpha value is -2.44. The van der Waals surface area contributed by atoms with E-state index in [1.807, 2.05) is 13.8 Å². The highest BCUT2D eigenvalue weighted by Gasteiger charge is 2.21. The molecule has 1 aromatic heterocycles. The van der Waals surface area contributed by atoms with Gasteiger partial charge in [0.15, 0.2) is 11.6 Å². The molecule has 0 radical (unpaired) electrons. The van der Waals surface area contributed by atoms with Gasteiger partial charge in [-0.15, -0.1) is 0 Å². The van der Waals surface area contributed by atoms with E-state index in [1.54, 1.807) is 10.9 Å². The van der Waals surface area contributed by atoms with Gasteiger partial charge in [-0.3, -0.25) is 9.48 Å². The maximum atomic E-state index is 13.8. The minimum absolute atomic E-state index is 0.0392. The molecule has 1 aromatic carbocycles. The second kappa shape index (κ2) is 5.90. The Kier molecular flexibility index (Phi) is 4.21. The highest BCUT2D eigenvalue weighted by Crippen LogP contribution is 2.24. The lowest BCUT2D eigenvalue weighted by molar-refractivity contribution is 0.101. The number of methoxy groups -OCH3 is 1. The number of benzene rings is 1. The molecule has 2 rings (SSSR count). The molecule has 7 heteroatoms. The summed E-state index contributed by atoms with van der Waals surface area (Å²) in [4.78, 5) is 12.1. The van der Waals surface area contributed by atoms with Crippen LogP contribution in [0.1, 0.15) is 30.2 Å². The third kappa shape index (κ3) is 3.01. The molecule has 112 valence electrons. The normalized spacial score (nSPS) is 10.8. The predicted molar refractivity (Wildman–Crippen MR) is 73.5 cm³/mol. The second-order valence-corrected chi connectivity index (χ2v) is 4.70. The van der Waals surface area contributed by atoms with Crippen molar-refractivity contribution in [2.24, 2.45) is 0 Å². The zero-order chi connectivity index (χ0) is 15.6. The number of amides is 1. The van der Waals surface area contributed by atoms with E-state index in [0.29, 0.717) is 5.69 Å². The third-order valence-corrected chi connectivity index (χ3v) is 2.89. The number of nitrogens with zero attached hydrogens (tertiary/aromatic N) is 2. The van der Waals surface area contributed by atoms with Crippen molar-refractivity contribution in [3.63, 3.8) is 0 Å². The van der Waals surface area contributed by atoms with Crippen LogP contribution in [0, 0.1) is 11.6 Å². The van der Waals surface area contributed by atoms with E-state index in [4.69, 9.17) is 4.74 Å². The molecule has 0 aliphatic rings. The van der Waals surface area contributed by atoms with Crippen molar-refractivity contribution in [3.05, 3.63) is 41.7 Å². The molecule has 0 spiro atoms. The molecule has 21 heavy (non-hydrogen) atoms. The number of halogens is 2. The van der Waals surface area contributed by atoms with Crippen LogP contribution < -0.4 is 10.1 Å². The van der Waals surface area contributed by atoms with Crippen LogP contribution in [-0.4, -0.2) is 22.8 Å². The van der Waals surface area contributed by atoms with E-state index in [2.05, 4.69) is 10.4 Å². The van der Waals surface area contributed by atoms with Crippen molar-refractivity contribution < 1.29 is 18.3 Å². The van der Waals surface area contributed by atoms with Gasteiger partial charge in [0.05, 0.1) is 19.0 Å². The van der Waals surface area contributed by atoms with Gasteiger partial charge in [0, 0.05) is 12.2 Å². The zero-order valence-corrected chi connectivity index (χ0v) is 11.9. The minimum atomic E-state index is -1.25. The maximum Gasteiger partial charge on any atom is 0.262 e. The summed E-state index contributed by atoms with van der Waals surface area (Å²) in [5.41, 5.74) is -0.0887. The fraction of sp³-hybridized carbons (Fsp3) is 0.286. The third-order valence-electron chi connectivity index (χ3n) is 2.89. The summed E-state index contributed by atoms with van der Waals surface area (Å²) >= 11 is 0. The Balaban J connectivity index is 2.29. The molecule has 1 N–H and O–H groups in total. The van der Waals surface area contributed by atoms with Crippen LogP contribution in [0.15, 0.2) is 24.5 Å². The quantitative estimate of drug-likeness (QED) is 0.943. The maximum absolute atomic E-state index is 13.8. The van der Waals surface area contributed by atoms with E-state index >= 15 is 0 Å². The first-order valence-electron chi connectivity index (χ1n) is 6.31. The Labute approximate surface area is 120 Å². The van der Waals surface area contributed by atoms with Crippen LogP contribution in [0.3, 0.4) is 0 Å². The number of carbonyl (C=O) groups is 1. The van der Waals surface area contributed by atoms with Crippen LogP contribution in [0.25, 0.3) is 0 Å². The van der Waals surface area contributed by atoms with Gasteiger partial charge in [-0.05, 0) is 26.0 Å². The van der Waals surface area contributed by atoms with Crippen molar-refractivity contribution in [1.82, 2.24) is 9.78 Å². The van der Waals surface area contributed by atoms with Crippen LogP contribution in [-0.2, 0) is 0 Å². The first-order valence-corrected chi connectivity index (χ1v) is 6.31. The predicted octanol–water partition coefficient (Wildman–Crippen LogP) is 3.00. The molecule has 0 unspecified atom stereocenters. The standard InChI is InChI=1S/C14H15F2N3O2/c1-8(2)19-7-9(6-17-19)18-14(20)12-11(21-3)5-4-10(15)13(12)16/h4-8H,1-3H3,(H,18,20). The molecule has 0 saturated heterocycles. The summed E-state index contributed by atoms with van der Waals surface area (Å²) < 4.78 is 33.6. The van der Waals surface area contributed by atoms with E-state index in [-0.39, 0.29) is 11.8 Å². The summed E-state index contributed by atoms with van der Waals surface area (Å²) in [5, 5.41) is 6.52. The van der Waals surface area contributed by atoms with Gasteiger partial charge in [-0.25, -0.2) is 8.78 Å². The number of hydrogen-bond acceptors (Lipinski definition) is 3. The highest BCUT2D eigenvalue weighted by molar-refractivity contribution is 6.06. The summed E-state index contributed by atoms with van der Waals surface area (Å²) in [6.07, 6.45) is 3.04. The molecule has 5 nitrogen and oxygen atoms in total. The molecule has 0 aliphatic heterocycles. The molecule has 0 bridgehead atoms. The van der Waals surface area contributed by atoms with E-state index < -0.39 is 23.1 Å². The van der Waals surface area contributed by atoms with E-state index in [1.165, 1.54) is 19.4 Å². The van der Waals surface area contributed by atoms with Crippen LogP contribution in [0.4, 0.5) is 14.5 Å². The summed E-state index contributed by atoms with van der Waals surface area (Å²) in [6.45, 7) is 3.85. The Bertz CT molecular complexity index is 668. The Morgan fingerprint density at radius 3 is 2.67 bits per heavy atom. The minimum Gasteiger partial charge on any atom is -0.496 e. The van der Waals surface area contributed by atoms with Crippen LogP contribution in [0.2, 0.25) is 0 Å². The number of nitrogens with one attached hydrogen (secondary N) is 1. The Morgan fingerprint density at radius 2 is 2.10 bits per heavy atom. The molecular weight excluding hydrogens is 280 g/mol. The fourth-order valence-corrected chi connectivity index (χ4v) is 1.79. The lowest BCUT2D eigenvalue weighted by Gasteiger charge is -2.09. The van der Waals surface area contributed by atoms with E-state index in [9.17, 15) is 13.6 Å². The number of ether oxygens (including phenoxy) is 1. The summed E-state index contributed by atoms with van der Waals surface area (Å²) in [5.74, 6) is -3.20.